The molecule has 3 aromatic carbocycles. The maximum atomic E-state index is 13.4. The number of imidazole rings is 1. The lowest BCUT2D eigenvalue weighted by atomic mass is 10.0. The first-order chi connectivity index (χ1) is 17.0. The average molecular weight is 469 g/mol. The molecular weight excluding hydrogens is 443 g/mol. The van der Waals surface area contributed by atoms with E-state index in [0.717, 1.165) is 33.3 Å². The lowest BCUT2D eigenvalue weighted by Crippen LogP contribution is -2.28. The van der Waals surface area contributed by atoms with Gasteiger partial charge < -0.3 is 20.4 Å². The van der Waals surface area contributed by atoms with E-state index in [9.17, 15) is 14.3 Å². The number of hydrogen-bond donors (Lipinski definition) is 4. The van der Waals surface area contributed by atoms with E-state index in [0.29, 0.717) is 23.5 Å². The van der Waals surface area contributed by atoms with Crippen LogP contribution in [0.25, 0.3) is 33.5 Å². The Kier molecular flexibility index (Phi) is 6.16. The van der Waals surface area contributed by atoms with Gasteiger partial charge in [0, 0.05) is 6.20 Å². The summed E-state index contributed by atoms with van der Waals surface area (Å²) in [5.41, 5.74) is 6.02. The number of H-pyrrole nitrogens is 2. The summed E-state index contributed by atoms with van der Waals surface area (Å²) in [5, 5.41) is 13.3. The number of pyridine rings is 1. The van der Waals surface area contributed by atoms with E-state index in [2.05, 4.69) is 15.3 Å². The van der Waals surface area contributed by atoms with Gasteiger partial charge in [-0.2, -0.15) is 0 Å². The predicted octanol–water partition coefficient (Wildman–Crippen LogP) is 5.05. The number of benzene rings is 3. The fourth-order valence-electron chi connectivity index (χ4n) is 4.33. The smallest absolute Gasteiger partial charge is 0.261 e. The third-order valence-electron chi connectivity index (χ3n) is 6.06. The van der Waals surface area contributed by atoms with Gasteiger partial charge in [0.1, 0.15) is 17.2 Å². The van der Waals surface area contributed by atoms with Gasteiger partial charge in [-0.1, -0.05) is 42.5 Å². The van der Waals surface area contributed by atoms with Crippen molar-refractivity contribution in [3.63, 3.8) is 0 Å². The molecule has 0 radical (unpaired) electrons. The molecule has 0 aliphatic heterocycles. The van der Waals surface area contributed by atoms with E-state index in [-0.39, 0.29) is 24.0 Å². The second-order valence-electron chi connectivity index (χ2n) is 8.59. The van der Waals surface area contributed by atoms with Crippen molar-refractivity contribution in [2.24, 2.45) is 0 Å². The van der Waals surface area contributed by atoms with Crippen LogP contribution in [0.15, 0.2) is 83.8 Å². The summed E-state index contributed by atoms with van der Waals surface area (Å²) in [6.45, 7) is 1.86. The standard InChI is InChI=1S/C28H25FN4O2/c1-17-13-20(19-7-9-21(29)10-8-19)15-24-26(17)33-27(32-24)25-23(11-12-30-28(25)35)31-22(16-34)14-18-5-3-2-4-6-18/h2-13,15,22,34H,14,16H2,1H3,(H,32,33)(H2,30,31,35)/t22-/m0/s1. The van der Waals surface area contributed by atoms with Crippen LogP contribution in [0.4, 0.5) is 10.1 Å². The lowest BCUT2D eigenvalue weighted by Gasteiger charge is -2.19. The number of halogens is 1. The molecule has 176 valence electrons. The van der Waals surface area contributed by atoms with E-state index in [1.54, 1.807) is 24.4 Å². The largest absolute Gasteiger partial charge is 0.394 e. The Morgan fingerprint density at radius 2 is 1.80 bits per heavy atom. The van der Waals surface area contributed by atoms with Crippen LogP contribution in [0.3, 0.4) is 0 Å². The van der Waals surface area contributed by atoms with Gasteiger partial charge in [-0.25, -0.2) is 9.37 Å². The second-order valence-corrected chi connectivity index (χ2v) is 8.59. The van der Waals surface area contributed by atoms with Crippen LogP contribution in [0.2, 0.25) is 0 Å². The number of aromatic nitrogens is 3. The first-order valence-electron chi connectivity index (χ1n) is 11.4. The van der Waals surface area contributed by atoms with Crippen LogP contribution >= 0.6 is 0 Å². The maximum Gasteiger partial charge on any atom is 0.261 e. The van der Waals surface area contributed by atoms with Gasteiger partial charge in [-0.05, 0) is 65.9 Å². The fraction of sp³-hybridized carbons (Fsp3) is 0.143. The van der Waals surface area contributed by atoms with Crippen LogP contribution < -0.4 is 10.9 Å². The number of anilines is 1. The van der Waals surface area contributed by atoms with E-state index in [1.807, 2.05) is 49.4 Å². The fourth-order valence-corrected chi connectivity index (χ4v) is 4.33. The number of aliphatic hydroxyl groups excluding tert-OH is 1. The number of nitrogens with one attached hydrogen (secondary N) is 3. The molecule has 0 amide bonds. The number of rotatable bonds is 7. The topological polar surface area (TPSA) is 93.8 Å². The number of nitrogens with zero attached hydrogens (tertiary/aromatic N) is 1. The maximum absolute atomic E-state index is 13.4. The molecule has 0 bridgehead atoms. The number of fused-ring (bicyclic) bond motifs is 1. The number of hydrogen-bond acceptors (Lipinski definition) is 4. The molecule has 0 saturated heterocycles. The zero-order valence-electron chi connectivity index (χ0n) is 19.2. The van der Waals surface area contributed by atoms with Gasteiger partial charge in [0.05, 0.1) is 29.4 Å². The predicted molar refractivity (Wildman–Crippen MR) is 137 cm³/mol. The summed E-state index contributed by atoms with van der Waals surface area (Å²) in [4.78, 5) is 23.6. The minimum absolute atomic E-state index is 0.0958. The molecule has 7 heteroatoms. The molecule has 6 nitrogen and oxygen atoms in total. The molecule has 1 atom stereocenters. The van der Waals surface area contributed by atoms with E-state index >= 15 is 0 Å². The Labute approximate surface area is 201 Å². The third kappa shape index (κ3) is 4.72. The Morgan fingerprint density at radius 3 is 2.54 bits per heavy atom. The van der Waals surface area contributed by atoms with Crippen molar-refractivity contribution in [1.29, 1.82) is 0 Å². The van der Waals surface area contributed by atoms with Gasteiger partial charge in [0.25, 0.3) is 5.56 Å². The highest BCUT2D eigenvalue weighted by Crippen LogP contribution is 2.30. The summed E-state index contributed by atoms with van der Waals surface area (Å²) in [5.74, 6) is 0.146. The summed E-state index contributed by atoms with van der Waals surface area (Å²) in [6, 6.07) is 21.6. The van der Waals surface area contributed by atoms with Gasteiger partial charge in [-0.15, -0.1) is 0 Å². The average Bonchev–Trinajstić information content (AvgIpc) is 3.29. The monoisotopic (exact) mass is 468 g/mol. The van der Waals surface area contributed by atoms with E-state index < -0.39 is 0 Å². The molecule has 0 spiro atoms. The van der Waals surface area contributed by atoms with Crippen molar-refractivity contribution in [2.45, 2.75) is 19.4 Å². The normalized spacial score (nSPS) is 12.1. The van der Waals surface area contributed by atoms with Crippen molar-refractivity contribution >= 4 is 16.7 Å². The third-order valence-corrected chi connectivity index (χ3v) is 6.06. The Bertz CT molecular complexity index is 1520. The molecule has 0 aliphatic carbocycles. The van der Waals surface area contributed by atoms with Crippen molar-refractivity contribution in [3.05, 3.63) is 106 Å². The molecule has 2 aromatic heterocycles. The number of aromatic amines is 2. The summed E-state index contributed by atoms with van der Waals surface area (Å²) in [7, 11) is 0. The molecule has 0 fully saturated rings. The molecule has 35 heavy (non-hydrogen) atoms. The van der Waals surface area contributed by atoms with Crippen LogP contribution in [0.1, 0.15) is 11.1 Å². The Balaban J connectivity index is 1.52. The molecule has 0 aliphatic rings. The second kappa shape index (κ2) is 9.56. The first kappa shape index (κ1) is 22.6. The Hall–Kier alpha value is -4.23. The zero-order valence-corrected chi connectivity index (χ0v) is 19.2. The van der Waals surface area contributed by atoms with Gasteiger partial charge >= 0.3 is 0 Å². The van der Waals surface area contributed by atoms with Gasteiger partial charge in [-0.3, -0.25) is 4.79 Å². The summed E-state index contributed by atoms with van der Waals surface area (Å²) >= 11 is 0. The summed E-state index contributed by atoms with van der Waals surface area (Å²) < 4.78 is 13.4. The molecular formula is C28H25FN4O2. The quantitative estimate of drug-likeness (QED) is 0.269. The van der Waals surface area contributed by atoms with E-state index in [4.69, 9.17) is 4.98 Å². The van der Waals surface area contributed by atoms with Crippen molar-refractivity contribution < 1.29 is 9.50 Å². The number of aryl methyl sites for hydroxylation is 1. The highest BCUT2D eigenvalue weighted by molar-refractivity contribution is 5.88. The van der Waals surface area contributed by atoms with Crippen molar-refractivity contribution in [2.75, 3.05) is 11.9 Å². The molecule has 5 aromatic rings. The lowest BCUT2D eigenvalue weighted by molar-refractivity contribution is 0.274. The molecule has 5 rings (SSSR count). The Morgan fingerprint density at radius 1 is 1.03 bits per heavy atom. The van der Waals surface area contributed by atoms with Crippen LogP contribution in [-0.4, -0.2) is 32.7 Å². The molecule has 0 unspecified atom stereocenters. The van der Waals surface area contributed by atoms with Crippen molar-refractivity contribution in [1.82, 2.24) is 15.0 Å². The molecule has 0 saturated carbocycles. The van der Waals surface area contributed by atoms with Gasteiger partial charge in [0.2, 0.25) is 0 Å². The molecule has 2 heterocycles. The van der Waals surface area contributed by atoms with Crippen LogP contribution in [0, 0.1) is 12.7 Å². The van der Waals surface area contributed by atoms with Gasteiger partial charge in [0.15, 0.2) is 0 Å². The highest BCUT2D eigenvalue weighted by atomic mass is 19.1. The highest BCUT2D eigenvalue weighted by Gasteiger charge is 2.18. The van der Waals surface area contributed by atoms with E-state index in [1.165, 1.54) is 12.1 Å². The number of aliphatic hydroxyl groups is 1. The first-order valence-corrected chi connectivity index (χ1v) is 11.4. The van der Waals surface area contributed by atoms with Crippen molar-refractivity contribution in [3.8, 4) is 22.5 Å². The minimum Gasteiger partial charge on any atom is -0.394 e. The molecule has 4 N–H and O–H groups in total. The van der Waals surface area contributed by atoms with Crippen LogP contribution in [0.5, 0.6) is 0 Å². The summed E-state index contributed by atoms with van der Waals surface area (Å²) in [6.07, 6.45) is 2.18. The zero-order chi connectivity index (χ0) is 24.4. The SMILES string of the molecule is Cc1cc(-c2ccc(F)cc2)cc2[nH]c(-c3c(N[C@H](CO)Cc4ccccc4)cc[nH]c3=O)nc12. The minimum atomic E-state index is -0.290. The van der Waals surface area contributed by atoms with Crippen LogP contribution in [-0.2, 0) is 6.42 Å².